The third-order valence-electron chi connectivity index (χ3n) is 9.52. The van der Waals surface area contributed by atoms with Crippen molar-refractivity contribution < 1.29 is 47.8 Å². The predicted octanol–water partition coefficient (Wildman–Crippen LogP) is 11.9. The first-order valence-corrected chi connectivity index (χ1v) is 23.9. The Labute approximate surface area is 341 Å². The molecule has 3 N–H and O–H groups in total. The summed E-state index contributed by atoms with van der Waals surface area (Å²) >= 11 is 0. The average Bonchev–Trinajstić information content (AvgIpc) is 3.19. The number of phosphoric acid groups is 1. The lowest BCUT2D eigenvalue weighted by atomic mass is 10.1. The van der Waals surface area contributed by atoms with Gasteiger partial charge in [0.25, 0.3) is 0 Å². The van der Waals surface area contributed by atoms with Crippen LogP contribution in [-0.4, -0.2) is 65.7 Å². The smallest absolute Gasteiger partial charge is 0.462 e. The Balaban J connectivity index is 4.26. The van der Waals surface area contributed by atoms with Crippen molar-refractivity contribution in [3.8, 4) is 0 Å². The third kappa shape index (κ3) is 40.4. The molecule has 3 unspecified atom stereocenters. The number of aliphatic hydroxyl groups is 2. The molecule has 328 valence electrons. The fourth-order valence-corrected chi connectivity index (χ4v) is 6.79. The summed E-state index contributed by atoms with van der Waals surface area (Å²) in [6.45, 7) is 2.33. The number of ether oxygens (including phenoxy) is 2. The van der Waals surface area contributed by atoms with Crippen LogP contribution in [0.5, 0.6) is 0 Å². The summed E-state index contributed by atoms with van der Waals surface area (Å²) in [4.78, 5) is 35.0. The lowest BCUT2D eigenvalue weighted by Crippen LogP contribution is -2.29. The molecule has 0 heterocycles. The second kappa shape index (κ2) is 41.4. The van der Waals surface area contributed by atoms with E-state index in [1.54, 1.807) is 0 Å². The Kier molecular flexibility index (Phi) is 40.0. The molecule has 0 radical (unpaired) electrons. The number of rotatable bonds is 42. The molecule has 0 rings (SSSR count). The van der Waals surface area contributed by atoms with Crippen molar-refractivity contribution in [1.82, 2.24) is 0 Å². The molecule has 0 aromatic heterocycles. The summed E-state index contributed by atoms with van der Waals surface area (Å²) in [5.74, 6) is -0.940. The van der Waals surface area contributed by atoms with Crippen LogP contribution in [0, 0.1) is 0 Å². The van der Waals surface area contributed by atoms with Gasteiger partial charge in [0.05, 0.1) is 19.8 Å². The molecule has 0 aliphatic rings. The molecule has 0 saturated carbocycles. The molecule has 10 nitrogen and oxygen atoms in total. The maximum absolute atomic E-state index is 12.6. The standard InChI is InChI=1S/C45H83O10P/c1-3-5-7-9-11-13-15-17-19-20-21-22-23-25-26-28-30-32-34-36-44(48)52-40-43(41-54-56(50,51)53-39-42(47)38-46)55-45(49)37-35-33-31-29-27-24-18-16-14-12-10-8-6-4-2/h10,12,16-19,42-43,46-47H,3-9,11,13-15,20-41H2,1-2H3,(H,50,51)/b12-10-,18-16-,19-17-. The minimum atomic E-state index is -4.62. The number of allylic oxidation sites excluding steroid dienone is 6. The number of phosphoric ester groups is 1. The fraction of sp³-hybridized carbons (Fsp3) is 0.822. The van der Waals surface area contributed by atoms with Crippen LogP contribution in [0.25, 0.3) is 0 Å². The minimum absolute atomic E-state index is 0.168. The highest BCUT2D eigenvalue weighted by atomic mass is 31.2. The van der Waals surface area contributed by atoms with Gasteiger partial charge in [-0.2, -0.15) is 0 Å². The number of esters is 2. The SMILES string of the molecule is CCCC/C=C\C/C=C\CCCCCCCC(=O)OC(COC(=O)CCCCCCCCCCC/C=C\CCCCCCCC)COP(=O)(O)OCC(O)CO. The van der Waals surface area contributed by atoms with Crippen LogP contribution >= 0.6 is 7.82 Å². The van der Waals surface area contributed by atoms with Crippen molar-refractivity contribution in [2.45, 2.75) is 212 Å². The van der Waals surface area contributed by atoms with Crippen molar-refractivity contribution in [3.63, 3.8) is 0 Å². The third-order valence-corrected chi connectivity index (χ3v) is 10.5. The largest absolute Gasteiger partial charge is 0.472 e. The molecule has 0 saturated heterocycles. The molecule has 0 aliphatic carbocycles. The van der Waals surface area contributed by atoms with Crippen LogP contribution in [0.1, 0.15) is 200 Å². The number of hydrogen-bond acceptors (Lipinski definition) is 9. The topological polar surface area (TPSA) is 149 Å². The zero-order valence-corrected chi connectivity index (χ0v) is 36.5. The van der Waals surface area contributed by atoms with E-state index >= 15 is 0 Å². The van der Waals surface area contributed by atoms with Crippen LogP contribution in [-0.2, 0) is 32.7 Å². The molecule has 0 fully saturated rings. The highest BCUT2D eigenvalue weighted by Crippen LogP contribution is 2.43. The molecule has 0 amide bonds. The maximum atomic E-state index is 12.6. The quantitative estimate of drug-likeness (QED) is 0.0235. The van der Waals surface area contributed by atoms with Crippen LogP contribution in [0.15, 0.2) is 36.5 Å². The van der Waals surface area contributed by atoms with Gasteiger partial charge in [0, 0.05) is 12.8 Å². The van der Waals surface area contributed by atoms with Crippen LogP contribution in [0.4, 0.5) is 0 Å². The number of carbonyl (C=O) groups is 2. The van der Waals surface area contributed by atoms with E-state index in [4.69, 9.17) is 19.1 Å². The molecule has 0 aromatic carbocycles. The summed E-state index contributed by atoms with van der Waals surface area (Å²) in [6, 6.07) is 0. The molecule has 56 heavy (non-hydrogen) atoms. The number of unbranched alkanes of at least 4 members (excludes halogenated alkanes) is 22. The Morgan fingerprint density at radius 1 is 0.536 bits per heavy atom. The molecule has 11 heteroatoms. The lowest BCUT2D eigenvalue weighted by Gasteiger charge is -2.20. The zero-order chi connectivity index (χ0) is 41.2. The van der Waals surface area contributed by atoms with Gasteiger partial charge < -0.3 is 24.6 Å². The van der Waals surface area contributed by atoms with Gasteiger partial charge in [0.2, 0.25) is 0 Å². The second-order valence-electron chi connectivity index (χ2n) is 15.1. The summed E-state index contributed by atoms with van der Waals surface area (Å²) in [5, 5.41) is 18.3. The van der Waals surface area contributed by atoms with Gasteiger partial charge >= 0.3 is 19.8 Å². The van der Waals surface area contributed by atoms with E-state index < -0.39 is 51.8 Å². The van der Waals surface area contributed by atoms with E-state index in [9.17, 15) is 24.2 Å². The van der Waals surface area contributed by atoms with E-state index in [-0.39, 0.29) is 19.4 Å². The van der Waals surface area contributed by atoms with Gasteiger partial charge in [-0.1, -0.05) is 159 Å². The van der Waals surface area contributed by atoms with Crippen LogP contribution < -0.4 is 0 Å². The molecule has 0 aromatic rings. The lowest BCUT2D eigenvalue weighted by molar-refractivity contribution is -0.161. The highest BCUT2D eigenvalue weighted by molar-refractivity contribution is 7.47. The molecular formula is C45H83O10P. The van der Waals surface area contributed by atoms with Crippen molar-refractivity contribution in [3.05, 3.63) is 36.5 Å². The maximum Gasteiger partial charge on any atom is 0.472 e. The highest BCUT2D eigenvalue weighted by Gasteiger charge is 2.27. The summed E-state index contributed by atoms with van der Waals surface area (Å²) in [5.41, 5.74) is 0. The van der Waals surface area contributed by atoms with E-state index in [0.29, 0.717) is 12.8 Å². The van der Waals surface area contributed by atoms with Gasteiger partial charge in [0.15, 0.2) is 6.10 Å². The molecule has 0 spiro atoms. The molecule has 0 bridgehead atoms. The Morgan fingerprint density at radius 3 is 1.45 bits per heavy atom. The van der Waals surface area contributed by atoms with Crippen LogP contribution in [0.2, 0.25) is 0 Å². The van der Waals surface area contributed by atoms with E-state index in [2.05, 4.69) is 54.8 Å². The first-order valence-electron chi connectivity index (χ1n) is 22.4. The Morgan fingerprint density at radius 2 is 0.946 bits per heavy atom. The minimum Gasteiger partial charge on any atom is -0.462 e. The predicted molar refractivity (Wildman–Crippen MR) is 228 cm³/mol. The van der Waals surface area contributed by atoms with Crippen molar-refractivity contribution in [2.24, 2.45) is 0 Å². The first kappa shape index (κ1) is 54.2. The molecule has 3 atom stereocenters. The Bertz CT molecular complexity index is 1030. The van der Waals surface area contributed by atoms with E-state index in [1.165, 1.54) is 96.3 Å². The average molecular weight is 815 g/mol. The van der Waals surface area contributed by atoms with Crippen molar-refractivity contribution in [2.75, 3.05) is 26.4 Å². The number of carbonyl (C=O) groups excluding carboxylic acids is 2. The van der Waals surface area contributed by atoms with Gasteiger partial charge in [-0.05, 0) is 64.2 Å². The zero-order valence-electron chi connectivity index (χ0n) is 35.6. The fourth-order valence-electron chi connectivity index (χ4n) is 6.00. The number of hydrogen-bond donors (Lipinski definition) is 3. The normalized spacial score (nSPS) is 14.2. The monoisotopic (exact) mass is 815 g/mol. The van der Waals surface area contributed by atoms with E-state index in [0.717, 1.165) is 64.2 Å². The summed E-state index contributed by atoms with van der Waals surface area (Å²) < 4.78 is 32.7. The van der Waals surface area contributed by atoms with Crippen molar-refractivity contribution >= 4 is 19.8 Å². The molecular weight excluding hydrogens is 731 g/mol. The second-order valence-corrected chi connectivity index (χ2v) is 16.5. The molecule has 0 aliphatic heterocycles. The summed E-state index contributed by atoms with van der Waals surface area (Å²) in [7, 11) is -4.62. The van der Waals surface area contributed by atoms with Gasteiger partial charge in [-0.15, -0.1) is 0 Å². The van der Waals surface area contributed by atoms with Gasteiger partial charge in [-0.3, -0.25) is 18.6 Å². The Hall–Kier alpha value is -1.81. The van der Waals surface area contributed by atoms with Crippen LogP contribution in [0.3, 0.4) is 0 Å². The summed E-state index contributed by atoms with van der Waals surface area (Å²) in [6.07, 6.45) is 42.5. The van der Waals surface area contributed by atoms with E-state index in [1.807, 2.05) is 0 Å². The first-order chi connectivity index (χ1) is 27.2. The van der Waals surface area contributed by atoms with Gasteiger partial charge in [0.1, 0.15) is 12.7 Å². The number of aliphatic hydroxyl groups excluding tert-OH is 2. The van der Waals surface area contributed by atoms with Gasteiger partial charge in [-0.25, -0.2) is 4.57 Å². The van der Waals surface area contributed by atoms with Crippen molar-refractivity contribution in [1.29, 1.82) is 0 Å².